The molecule has 0 atom stereocenters. The number of nitrogens with one attached hydrogen (secondary N) is 1. The molecular weight excluding hydrogens is 282 g/mol. The van der Waals surface area contributed by atoms with E-state index in [9.17, 15) is 14.4 Å². The van der Waals surface area contributed by atoms with Crippen molar-refractivity contribution in [1.82, 2.24) is 10.3 Å². The van der Waals surface area contributed by atoms with Crippen molar-refractivity contribution in [2.75, 3.05) is 25.1 Å². The SMILES string of the molecule is COC(=O)c1sc(N2CC(=O)NC(=O)C2)nc1Cl. The fraction of sp³-hybridized carbons (Fsp3) is 0.333. The number of aromatic nitrogens is 1. The van der Waals surface area contributed by atoms with E-state index in [0.29, 0.717) is 5.13 Å². The number of halogens is 1. The Morgan fingerprint density at radius 3 is 2.61 bits per heavy atom. The van der Waals surface area contributed by atoms with Crippen molar-refractivity contribution in [2.45, 2.75) is 0 Å². The van der Waals surface area contributed by atoms with Gasteiger partial charge in [0, 0.05) is 0 Å². The van der Waals surface area contributed by atoms with Crippen molar-refractivity contribution in [3.05, 3.63) is 10.0 Å². The largest absolute Gasteiger partial charge is 0.465 e. The fourth-order valence-electron chi connectivity index (χ4n) is 1.42. The molecule has 2 amide bonds. The molecule has 9 heteroatoms. The Balaban J connectivity index is 2.26. The van der Waals surface area contributed by atoms with Crippen LogP contribution in [0.25, 0.3) is 0 Å². The molecule has 1 aromatic rings. The number of carbonyl (C=O) groups is 3. The third kappa shape index (κ3) is 2.44. The highest BCUT2D eigenvalue weighted by molar-refractivity contribution is 7.18. The number of ether oxygens (including phenoxy) is 1. The van der Waals surface area contributed by atoms with Crippen molar-refractivity contribution >= 4 is 45.9 Å². The van der Waals surface area contributed by atoms with Crippen molar-refractivity contribution in [2.24, 2.45) is 0 Å². The van der Waals surface area contributed by atoms with Crippen molar-refractivity contribution in [3.8, 4) is 0 Å². The minimum absolute atomic E-state index is 0.000260. The van der Waals surface area contributed by atoms with E-state index in [4.69, 9.17) is 11.6 Å². The lowest BCUT2D eigenvalue weighted by molar-refractivity contribution is -0.130. The summed E-state index contributed by atoms with van der Waals surface area (Å²) in [6.07, 6.45) is 0. The highest BCUT2D eigenvalue weighted by Crippen LogP contribution is 2.30. The molecule has 0 aliphatic carbocycles. The van der Waals surface area contributed by atoms with Crippen LogP contribution in [0.15, 0.2) is 0 Å². The zero-order chi connectivity index (χ0) is 13.3. The number of imide groups is 1. The molecule has 2 heterocycles. The molecule has 1 N–H and O–H groups in total. The summed E-state index contributed by atoms with van der Waals surface area (Å²) in [7, 11) is 1.23. The minimum atomic E-state index is -0.600. The fourth-order valence-corrected chi connectivity index (χ4v) is 2.61. The standard InChI is InChI=1S/C9H8ClN3O4S/c1-17-8(16)6-7(10)12-9(18-6)13-2-4(14)11-5(15)3-13/h2-3H2,1H3,(H,11,14,15). The predicted molar refractivity (Wildman–Crippen MR) is 63.8 cm³/mol. The number of esters is 1. The van der Waals surface area contributed by atoms with Gasteiger partial charge >= 0.3 is 5.97 Å². The number of nitrogens with zero attached hydrogens (tertiary/aromatic N) is 2. The highest BCUT2D eigenvalue weighted by Gasteiger charge is 2.27. The van der Waals surface area contributed by atoms with E-state index < -0.39 is 17.8 Å². The molecule has 1 aromatic heterocycles. The van der Waals surface area contributed by atoms with E-state index in [2.05, 4.69) is 15.0 Å². The van der Waals surface area contributed by atoms with Gasteiger partial charge in [-0.25, -0.2) is 9.78 Å². The number of amides is 2. The van der Waals surface area contributed by atoms with Gasteiger partial charge in [-0.15, -0.1) is 0 Å². The van der Waals surface area contributed by atoms with Crippen LogP contribution in [0.2, 0.25) is 5.15 Å². The molecule has 0 radical (unpaired) electrons. The molecule has 0 saturated carbocycles. The van der Waals surface area contributed by atoms with Crippen LogP contribution in [0, 0.1) is 0 Å². The summed E-state index contributed by atoms with van der Waals surface area (Å²) in [5, 5.41) is 2.50. The smallest absolute Gasteiger partial charge is 0.351 e. The molecule has 96 valence electrons. The van der Waals surface area contributed by atoms with Gasteiger partial charge < -0.3 is 9.64 Å². The van der Waals surface area contributed by atoms with Crippen LogP contribution in [0.3, 0.4) is 0 Å². The second kappa shape index (κ2) is 4.91. The predicted octanol–water partition coefficient (Wildman–Crippen LogP) is 0.0459. The maximum atomic E-state index is 11.4. The third-order valence-electron chi connectivity index (χ3n) is 2.16. The molecule has 18 heavy (non-hydrogen) atoms. The summed E-state index contributed by atoms with van der Waals surface area (Å²) < 4.78 is 4.54. The van der Waals surface area contributed by atoms with E-state index in [1.54, 1.807) is 0 Å². The third-order valence-corrected chi connectivity index (χ3v) is 3.65. The van der Waals surface area contributed by atoms with E-state index in [1.807, 2.05) is 0 Å². The number of methoxy groups -OCH3 is 1. The van der Waals surface area contributed by atoms with Gasteiger partial charge in [0.25, 0.3) is 0 Å². The average Bonchev–Trinajstić information content (AvgIpc) is 2.69. The number of anilines is 1. The zero-order valence-corrected chi connectivity index (χ0v) is 10.8. The summed E-state index contributed by atoms with van der Waals surface area (Å²) in [6.45, 7) is -0.00755. The van der Waals surface area contributed by atoms with Crippen LogP contribution in [-0.4, -0.2) is 43.0 Å². The lowest BCUT2D eigenvalue weighted by Crippen LogP contribution is -2.51. The van der Waals surface area contributed by atoms with Crippen LogP contribution >= 0.6 is 22.9 Å². The molecule has 1 saturated heterocycles. The summed E-state index contributed by atoms with van der Waals surface area (Å²) in [5.41, 5.74) is 0. The minimum Gasteiger partial charge on any atom is -0.465 e. The lowest BCUT2D eigenvalue weighted by Gasteiger charge is -2.24. The van der Waals surface area contributed by atoms with Crippen LogP contribution in [0.1, 0.15) is 9.67 Å². The van der Waals surface area contributed by atoms with E-state index in [-0.39, 0.29) is 23.1 Å². The summed E-state index contributed by atoms with van der Waals surface area (Å²) in [6, 6.07) is 0. The van der Waals surface area contributed by atoms with Gasteiger partial charge in [-0.3, -0.25) is 14.9 Å². The molecule has 0 spiro atoms. The van der Waals surface area contributed by atoms with Gasteiger partial charge in [-0.05, 0) is 0 Å². The molecular formula is C9H8ClN3O4S. The van der Waals surface area contributed by atoms with Crippen molar-refractivity contribution in [1.29, 1.82) is 0 Å². The highest BCUT2D eigenvalue weighted by atomic mass is 35.5. The summed E-state index contributed by atoms with van der Waals surface area (Å²) >= 11 is 6.78. The van der Waals surface area contributed by atoms with Gasteiger partial charge in [-0.1, -0.05) is 22.9 Å². The molecule has 1 fully saturated rings. The van der Waals surface area contributed by atoms with Gasteiger partial charge in [0.2, 0.25) is 11.8 Å². The number of rotatable bonds is 2. The number of carbonyl (C=O) groups excluding carboxylic acids is 3. The van der Waals surface area contributed by atoms with Crippen LogP contribution in [-0.2, 0) is 14.3 Å². The first kappa shape index (κ1) is 12.8. The maximum absolute atomic E-state index is 11.4. The van der Waals surface area contributed by atoms with Crippen molar-refractivity contribution < 1.29 is 19.1 Å². The Labute approximate surface area is 111 Å². The van der Waals surface area contributed by atoms with Crippen molar-refractivity contribution in [3.63, 3.8) is 0 Å². The van der Waals surface area contributed by atoms with E-state index >= 15 is 0 Å². The van der Waals surface area contributed by atoms with Crippen LogP contribution in [0.4, 0.5) is 5.13 Å². The molecule has 0 aromatic carbocycles. The average molecular weight is 290 g/mol. The number of hydrogen-bond acceptors (Lipinski definition) is 7. The normalized spacial score (nSPS) is 15.6. The molecule has 0 bridgehead atoms. The zero-order valence-electron chi connectivity index (χ0n) is 9.23. The first-order valence-electron chi connectivity index (χ1n) is 4.83. The van der Waals surface area contributed by atoms with Gasteiger partial charge in [0.1, 0.15) is 13.1 Å². The second-order valence-electron chi connectivity index (χ2n) is 3.44. The van der Waals surface area contributed by atoms with E-state index in [0.717, 1.165) is 11.3 Å². The Hall–Kier alpha value is -1.67. The lowest BCUT2D eigenvalue weighted by atomic mass is 10.4. The molecule has 2 rings (SSSR count). The maximum Gasteiger partial charge on any atom is 0.351 e. The first-order chi connectivity index (χ1) is 8.51. The Morgan fingerprint density at radius 1 is 1.44 bits per heavy atom. The van der Waals surface area contributed by atoms with Crippen LogP contribution in [0.5, 0.6) is 0 Å². The Bertz CT molecular complexity index is 514. The molecule has 7 nitrogen and oxygen atoms in total. The number of hydrogen-bond donors (Lipinski definition) is 1. The summed E-state index contributed by atoms with van der Waals surface area (Å²) in [5.74, 6) is -1.44. The Kier molecular flexibility index (Phi) is 3.48. The quantitative estimate of drug-likeness (QED) is 0.611. The topological polar surface area (TPSA) is 88.6 Å². The molecule has 0 unspecified atom stereocenters. The van der Waals surface area contributed by atoms with Gasteiger partial charge in [-0.2, -0.15) is 0 Å². The van der Waals surface area contributed by atoms with Gasteiger partial charge in [0.05, 0.1) is 7.11 Å². The first-order valence-corrected chi connectivity index (χ1v) is 6.03. The Morgan fingerprint density at radius 2 is 2.06 bits per heavy atom. The molecule has 1 aliphatic heterocycles. The van der Waals surface area contributed by atoms with Gasteiger partial charge in [0.15, 0.2) is 15.2 Å². The summed E-state index contributed by atoms with van der Waals surface area (Å²) in [4.78, 5) is 39.3. The monoisotopic (exact) mass is 289 g/mol. The number of thiazole rings is 1. The second-order valence-corrected chi connectivity index (χ2v) is 4.77. The number of piperazine rings is 1. The molecule has 1 aliphatic rings. The van der Waals surface area contributed by atoms with E-state index in [1.165, 1.54) is 12.0 Å². The van der Waals surface area contributed by atoms with Crippen LogP contribution < -0.4 is 10.2 Å².